The van der Waals surface area contributed by atoms with Gasteiger partial charge in [-0.1, -0.05) is 22.0 Å². The molecule has 0 amide bonds. The highest BCUT2D eigenvalue weighted by molar-refractivity contribution is 9.09. The number of aromatic nitrogens is 1. The number of halogens is 1. The Morgan fingerprint density at radius 3 is 2.61 bits per heavy atom. The molecule has 0 aliphatic carbocycles. The van der Waals surface area contributed by atoms with Gasteiger partial charge in [0.2, 0.25) is 10.0 Å². The molecule has 1 aromatic heterocycles. The van der Waals surface area contributed by atoms with Crippen LogP contribution in [0.15, 0.2) is 24.4 Å². The zero-order valence-corrected chi connectivity index (χ0v) is 13.1. The normalized spacial score (nSPS) is 12.3. The van der Waals surface area contributed by atoms with Crippen molar-refractivity contribution in [1.82, 2.24) is 9.29 Å². The maximum Gasteiger partial charge on any atom is 0.214 e. The summed E-state index contributed by atoms with van der Waals surface area (Å²) in [6.45, 7) is 4.28. The smallest absolute Gasteiger partial charge is 0.214 e. The van der Waals surface area contributed by atoms with Crippen molar-refractivity contribution in [3.8, 4) is 0 Å². The Bertz CT molecular complexity index is 448. The second kappa shape index (κ2) is 7.21. The maximum absolute atomic E-state index is 12.2. The number of alkyl halides is 1. The number of nitrogens with zero attached hydrogens (tertiary/aromatic N) is 2. The molecule has 6 heteroatoms. The van der Waals surface area contributed by atoms with Crippen molar-refractivity contribution >= 4 is 26.0 Å². The number of hydrogen-bond acceptors (Lipinski definition) is 3. The lowest BCUT2D eigenvalue weighted by Crippen LogP contribution is -2.40. The maximum atomic E-state index is 12.2. The Morgan fingerprint density at radius 2 is 2.11 bits per heavy atom. The van der Waals surface area contributed by atoms with Crippen LogP contribution in [0.2, 0.25) is 0 Å². The van der Waals surface area contributed by atoms with E-state index < -0.39 is 10.0 Å². The van der Waals surface area contributed by atoms with E-state index in [1.807, 2.05) is 32.0 Å². The summed E-state index contributed by atoms with van der Waals surface area (Å²) in [7, 11) is -3.22. The lowest BCUT2D eigenvalue weighted by Gasteiger charge is -2.25. The Kier molecular flexibility index (Phi) is 6.25. The third kappa shape index (κ3) is 4.66. The van der Waals surface area contributed by atoms with Gasteiger partial charge in [0.1, 0.15) is 0 Å². The Hall–Kier alpha value is -0.460. The van der Waals surface area contributed by atoms with Crippen molar-refractivity contribution in [2.24, 2.45) is 0 Å². The lowest BCUT2D eigenvalue weighted by atomic mass is 10.3. The van der Waals surface area contributed by atoms with Gasteiger partial charge < -0.3 is 0 Å². The van der Waals surface area contributed by atoms with Gasteiger partial charge in [0.25, 0.3) is 0 Å². The average Bonchev–Trinajstić information content (AvgIpc) is 2.34. The van der Waals surface area contributed by atoms with Crippen LogP contribution in [0.4, 0.5) is 0 Å². The van der Waals surface area contributed by atoms with Gasteiger partial charge in [-0.2, -0.15) is 4.31 Å². The minimum absolute atomic E-state index is 0.0173. The lowest BCUT2D eigenvalue weighted by molar-refractivity contribution is 0.372. The first-order chi connectivity index (χ1) is 8.47. The Balaban J connectivity index is 2.68. The SMILES string of the molecule is CC(C)N(CCBr)S(=O)(=O)CCc1ccccn1. The van der Waals surface area contributed by atoms with Crippen LogP contribution >= 0.6 is 15.9 Å². The number of rotatable bonds is 7. The third-order valence-corrected chi connectivity index (χ3v) is 4.97. The highest BCUT2D eigenvalue weighted by atomic mass is 79.9. The summed E-state index contributed by atoms with van der Waals surface area (Å²) in [5.41, 5.74) is 0.809. The van der Waals surface area contributed by atoms with Gasteiger partial charge in [-0.25, -0.2) is 8.42 Å². The molecule has 0 aliphatic heterocycles. The van der Waals surface area contributed by atoms with Crippen molar-refractivity contribution < 1.29 is 8.42 Å². The number of sulfonamides is 1. The van der Waals surface area contributed by atoms with Gasteiger partial charge >= 0.3 is 0 Å². The highest BCUT2D eigenvalue weighted by Gasteiger charge is 2.23. The fourth-order valence-electron chi connectivity index (χ4n) is 1.70. The van der Waals surface area contributed by atoms with E-state index in [1.54, 1.807) is 6.20 Å². The first kappa shape index (κ1) is 15.6. The van der Waals surface area contributed by atoms with E-state index in [1.165, 1.54) is 4.31 Å². The summed E-state index contributed by atoms with van der Waals surface area (Å²) in [6, 6.07) is 5.52. The molecule has 1 aromatic rings. The summed E-state index contributed by atoms with van der Waals surface area (Å²) >= 11 is 3.29. The molecule has 0 atom stereocenters. The average molecular weight is 335 g/mol. The van der Waals surface area contributed by atoms with Crippen molar-refractivity contribution in [2.45, 2.75) is 26.3 Å². The van der Waals surface area contributed by atoms with Crippen LogP contribution < -0.4 is 0 Å². The largest absolute Gasteiger partial charge is 0.261 e. The number of aryl methyl sites for hydroxylation is 1. The van der Waals surface area contributed by atoms with Gasteiger partial charge in [0.05, 0.1) is 5.75 Å². The second-order valence-electron chi connectivity index (χ2n) is 4.28. The summed E-state index contributed by atoms with van der Waals surface area (Å²) in [6.07, 6.45) is 2.13. The van der Waals surface area contributed by atoms with Crippen molar-refractivity contribution in [1.29, 1.82) is 0 Å². The number of pyridine rings is 1. The summed E-state index contributed by atoms with van der Waals surface area (Å²) in [4.78, 5) is 4.14. The third-order valence-electron chi connectivity index (χ3n) is 2.58. The summed E-state index contributed by atoms with van der Waals surface area (Å²) < 4.78 is 26.0. The van der Waals surface area contributed by atoms with Crippen LogP contribution in [0, 0.1) is 0 Å². The summed E-state index contributed by atoms with van der Waals surface area (Å²) in [5.74, 6) is 0.106. The molecular weight excluding hydrogens is 316 g/mol. The van der Waals surface area contributed by atoms with E-state index in [0.29, 0.717) is 18.3 Å². The molecule has 4 nitrogen and oxygen atoms in total. The minimum atomic E-state index is -3.22. The predicted molar refractivity (Wildman–Crippen MR) is 77.4 cm³/mol. The van der Waals surface area contributed by atoms with Crippen LogP contribution in [0.1, 0.15) is 19.5 Å². The molecular formula is C12H19BrN2O2S. The van der Waals surface area contributed by atoms with E-state index in [9.17, 15) is 8.42 Å². The molecule has 0 spiro atoms. The molecule has 0 saturated carbocycles. The van der Waals surface area contributed by atoms with Crippen LogP contribution in [-0.4, -0.2) is 41.4 Å². The first-order valence-electron chi connectivity index (χ1n) is 5.93. The van der Waals surface area contributed by atoms with Gasteiger partial charge in [0.15, 0.2) is 0 Å². The van der Waals surface area contributed by atoms with Crippen LogP contribution in [0.25, 0.3) is 0 Å². The van der Waals surface area contributed by atoms with Crippen molar-refractivity contribution in [3.05, 3.63) is 30.1 Å². The minimum Gasteiger partial charge on any atom is -0.261 e. The van der Waals surface area contributed by atoms with E-state index >= 15 is 0 Å². The molecule has 1 heterocycles. The zero-order chi connectivity index (χ0) is 13.6. The topological polar surface area (TPSA) is 50.3 Å². The molecule has 18 heavy (non-hydrogen) atoms. The van der Waals surface area contributed by atoms with Crippen molar-refractivity contribution in [3.63, 3.8) is 0 Å². The van der Waals surface area contributed by atoms with Gasteiger partial charge in [-0.3, -0.25) is 4.98 Å². The molecule has 102 valence electrons. The van der Waals surface area contributed by atoms with Gasteiger partial charge in [-0.05, 0) is 26.0 Å². The molecule has 0 bridgehead atoms. The molecule has 0 aliphatic rings. The number of hydrogen-bond donors (Lipinski definition) is 0. The van der Waals surface area contributed by atoms with Gasteiger partial charge in [-0.15, -0.1) is 0 Å². The predicted octanol–water partition coefficient (Wildman–Crippen LogP) is 2.06. The fraction of sp³-hybridized carbons (Fsp3) is 0.583. The fourth-order valence-corrected chi connectivity index (χ4v) is 4.03. The van der Waals surface area contributed by atoms with Crippen molar-refractivity contribution in [2.75, 3.05) is 17.6 Å². The molecule has 0 N–H and O–H groups in total. The Labute approximate surface area is 118 Å². The molecule has 0 radical (unpaired) electrons. The molecule has 0 unspecified atom stereocenters. The highest BCUT2D eigenvalue weighted by Crippen LogP contribution is 2.10. The summed E-state index contributed by atoms with van der Waals surface area (Å²) in [5, 5.41) is 0.647. The van der Waals surface area contributed by atoms with Gasteiger partial charge in [0, 0.05) is 36.2 Å². The van der Waals surface area contributed by atoms with E-state index in [0.717, 1.165) is 5.69 Å². The standard InChI is InChI=1S/C12H19BrN2O2S/c1-11(2)15(9-7-13)18(16,17)10-6-12-5-3-4-8-14-12/h3-5,8,11H,6-7,9-10H2,1-2H3. The zero-order valence-electron chi connectivity index (χ0n) is 10.7. The van der Waals surface area contributed by atoms with E-state index in [-0.39, 0.29) is 11.8 Å². The van der Waals surface area contributed by atoms with E-state index in [2.05, 4.69) is 20.9 Å². The Morgan fingerprint density at radius 1 is 1.39 bits per heavy atom. The van der Waals surface area contributed by atoms with E-state index in [4.69, 9.17) is 0 Å². The quantitative estimate of drug-likeness (QED) is 0.717. The first-order valence-corrected chi connectivity index (χ1v) is 8.66. The molecule has 0 aromatic carbocycles. The second-order valence-corrected chi connectivity index (χ2v) is 7.11. The molecule has 1 rings (SSSR count). The van der Waals surface area contributed by atoms with Crippen LogP contribution in [-0.2, 0) is 16.4 Å². The van der Waals surface area contributed by atoms with Crippen LogP contribution in [0.5, 0.6) is 0 Å². The monoisotopic (exact) mass is 334 g/mol. The molecule has 0 saturated heterocycles. The molecule has 0 fully saturated rings. The van der Waals surface area contributed by atoms with Crippen LogP contribution in [0.3, 0.4) is 0 Å².